The first-order valence-corrected chi connectivity index (χ1v) is 7.10. The van der Waals surface area contributed by atoms with Gasteiger partial charge in [0.05, 0.1) is 17.9 Å². The molecule has 2 heterocycles. The molecule has 1 N–H and O–H groups in total. The average Bonchev–Trinajstić information content (AvgIpc) is 3.12. The maximum Gasteiger partial charge on any atom is 0.271 e. The van der Waals surface area contributed by atoms with E-state index in [2.05, 4.69) is 15.4 Å². The molecule has 0 atom stereocenters. The van der Waals surface area contributed by atoms with Crippen molar-refractivity contribution in [2.75, 3.05) is 0 Å². The van der Waals surface area contributed by atoms with Crippen LogP contribution in [0.5, 0.6) is 0 Å². The number of hydrogen-bond acceptors (Lipinski definition) is 3. The van der Waals surface area contributed by atoms with E-state index in [0.717, 1.165) is 17.1 Å². The van der Waals surface area contributed by atoms with Gasteiger partial charge in [-0.05, 0) is 37.3 Å². The summed E-state index contributed by atoms with van der Waals surface area (Å²) in [5, 5.41) is 7.04. The second-order valence-electron chi connectivity index (χ2n) is 5.23. The molecular weight excluding hydrogens is 297 g/mol. The smallest absolute Gasteiger partial charge is 0.271 e. The van der Waals surface area contributed by atoms with Crippen LogP contribution in [0.1, 0.15) is 21.9 Å². The van der Waals surface area contributed by atoms with Gasteiger partial charge in [-0.2, -0.15) is 5.10 Å². The van der Waals surface area contributed by atoms with Crippen LogP contribution >= 0.6 is 0 Å². The van der Waals surface area contributed by atoms with Crippen LogP contribution in [0.15, 0.2) is 42.9 Å². The third kappa shape index (κ3) is 3.28. The monoisotopic (exact) mass is 313 g/mol. The molecule has 0 bridgehead atoms. The number of aromatic nitrogens is 4. The summed E-state index contributed by atoms with van der Waals surface area (Å²) in [6.07, 6.45) is 3.13. The van der Waals surface area contributed by atoms with Gasteiger partial charge in [0.15, 0.2) is 0 Å². The molecule has 0 aliphatic heterocycles. The highest BCUT2D eigenvalue weighted by Crippen LogP contribution is 2.10. The topological polar surface area (TPSA) is 64.7 Å². The van der Waals surface area contributed by atoms with E-state index in [1.54, 1.807) is 27.6 Å². The Balaban J connectivity index is 1.69. The third-order valence-corrected chi connectivity index (χ3v) is 3.47. The van der Waals surface area contributed by atoms with Crippen LogP contribution in [-0.2, 0) is 13.6 Å². The predicted octanol–water partition coefficient (Wildman–Crippen LogP) is 1.98. The normalized spacial score (nSPS) is 10.7. The van der Waals surface area contributed by atoms with Crippen LogP contribution in [0, 0.1) is 12.7 Å². The molecule has 0 aliphatic carbocycles. The molecule has 0 saturated heterocycles. The minimum absolute atomic E-state index is 0.273. The largest absolute Gasteiger partial charge is 0.345 e. The Morgan fingerprint density at radius 3 is 2.70 bits per heavy atom. The van der Waals surface area contributed by atoms with E-state index in [-0.39, 0.29) is 11.7 Å². The molecule has 7 heteroatoms. The molecule has 0 aliphatic rings. The molecule has 0 saturated carbocycles. The standard InChI is InChI=1S/C16H16FN5O/c1-11-7-14(21(2)20-11)8-18-16(23)15-9-22(10-19-15)13-5-3-12(17)4-6-13/h3-7,9-10H,8H2,1-2H3,(H,18,23). The Labute approximate surface area is 132 Å². The highest BCUT2D eigenvalue weighted by Gasteiger charge is 2.11. The fraction of sp³-hybridized carbons (Fsp3) is 0.188. The molecule has 6 nitrogen and oxygen atoms in total. The van der Waals surface area contributed by atoms with E-state index in [1.165, 1.54) is 18.5 Å². The summed E-state index contributed by atoms with van der Waals surface area (Å²) in [6, 6.07) is 7.88. The summed E-state index contributed by atoms with van der Waals surface area (Å²) >= 11 is 0. The zero-order valence-electron chi connectivity index (χ0n) is 12.8. The molecule has 23 heavy (non-hydrogen) atoms. The Kier molecular flexibility index (Phi) is 3.92. The Bertz CT molecular complexity index is 835. The first-order chi connectivity index (χ1) is 11.0. The summed E-state index contributed by atoms with van der Waals surface area (Å²) in [6.45, 7) is 2.27. The van der Waals surface area contributed by atoms with Gasteiger partial charge in [-0.15, -0.1) is 0 Å². The Morgan fingerprint density at radius 1 is 1.30 bits per heavy atom. The molecule has 3 aromatic rings. The van der Waals surface area contributed by atoms with Gasteiger partial charge in [-0.25, -0.2) is 9.37 Å². The van der Waals surface area contributed by atoms with Gasteiger partial charge in [-0.1, -0.05) is 0 Å². The van der Waals surface area contributed by atoms with Crippen molar-refractivity contribution in [1.29, 1.82) is 0 Å². The third-order valence-electron chi connectivity index (χ3n) is 3.47. The fourth-order valence-corrected chi connectivity index (χ4v) is 2.29. The average molecular weight is 313 g/mol. The lowest BCUT2D eigenvalue weighted by molar-refractivity contribution is 0.0945. The van der Waals surface area contributed by atoms with Crippen LogP contribution in [-0.4, -0.2) is 25.2 Å². The molecule has 2 aromatic heterocycles. The first-order valence-electron chi connectivity index (χ1n) is 7.10. The van der Waals surface area contributed by atoms with Gasteiger partial charge in [-0.3, -0.25) is 9.48 Å². The maximum absolute atomic E-state index is 12.9. The Morgan fingerprint density at radius 2 is 2.04 bits per heavy atom. The van der Waals surface area contributed by atoms with E-state index < -0.39 is 0 Å². The van der Waals surface area contributed by atoms with Crippen molar-refractivity contribution < 1.29 is 9.18 Å². The van der Waals surface area contributed by atoms with E-state index >= 15 is 0 Å². The molecule has 1 aromatic carbocycles. The lowest BCUT2D eigenvalue weighted by Gasteiger charge is -2.03. The van der Waals surface area contributed by atoms with Crippen molar-refractivity contribution in [1.82, 2.24) is 24.6 Å². The summed E-state index contributed by atoms with van der Waals surface area (Å²) in [7, 11) is 1.83. The number of carbonyl (C=O) groups is 1. The van der Waals surface area contributed by atoms with Crippen molar-refractivity contribution in [3.05, 3.63) is 65.8 Å². The minimum atomic E-state index is -0.307. The second-order valence-corrected chi connectivity index (χ2v) is 5.23. The lowest BCUT2D eigenvalue weighted by Crippen LogP contribution is -2.24. The van der Waals surface area contributed by atoms with Crippen LogP contribution in [0.4, 0.5) is 4.39 Å². The zero-order chi connectivity index (χ0) is 16.4. The molecule has 0 spiro atoms. The van der Waals surface area contributed by atoms with E-state index in [0.29, 0.717) is 12.2 Å². The molecule has 0 unspecified atom stereocenters. The molecule has 118 valence electrons. The van der Waals surface area contributed by atoms with Crippen molar-refractivity contribution in [3.63, 3.8) is 0 Å². The number of nitrogens with one attached hydrogen (secondary N) is 1. The van der Waals surface area contributed by atoms with Gasteiger partial charge in [0.1, 0.15) is 17.8 Å². The van der Waals surface area contributed by atoms with Crippen molar-refractivity contribution >= 4 is 5.91 Å². The lowest BCUT2D eigenvalue weighted by atomic mass is 10.3. The number of rotatable bonds is 4. The highest BCUT2D eigenvalue weighted by atomic mass is 19.1. The predicted molar refractivity (Wildman–Crippen MR) is 82.6 cm³/mol. The minimum Gasteiger partial charge on any atom is -0.345 e. The van der Waals surface area contributed by atoms with Crippen molar-refractivity contribution in [3.8, 4) is 5.69 Å². The summed E-state index contributed by atoms with van der Waals surface area (Å²) in [5.74, 6) is -0.581. The number of hydrogen-bond donors (Lipinski definition) is 1. The maximum atomic E-state index is 12.9. The number of imidazole rings is 1. The van der Waals surface area contributed by atoms with Crippen LogP contribution < -0.4 is 5.32 Å². The number of nitrogens with zero attached hydrogens (tertiary/aromatic N) is 4. The van der Waals surface area contributed by atoms with Gasteiger partial charge >= 0.3 is 0 Å². The number of aryl methyl sites for hydroxylation is 2. The quantitative estimate of drug-likeness (QED) is 0.801. The second kappa shape index (κ2) is 6.04. The van der Waals surface area contributed by atoms with Gasteiger partial charge < -0.3 is 9.88 Å². The SMILES string of the molecule is Cc1cc(CNC(=O)c2cn(-c3ccc(F)cc3)cn2)n(C)n1. The summed E-state index contributed by atoms with van der Waals surface area (Å²) < 4.78 is 16.3. The van der Waals surface area contributed by atoms with Gasteiger partial charge in [0.25, 0.3) is 5.91 Å². The number of benzene rings is 1. The number of halogens is 1. The zero-order valence-corrected chi connectivity index (χ0v) is 12.8. The van der Waals surface area contributed by atoms with Gasteiger partial charge in [0.2, 0.25) is 0 Å². The molecule has 3 rings (SSSR count). The summed E-state index contributed by atoms with van der Waals surface area (Å²) in [4.78, 5) is 16.2. The first kappa shape index (κ1) is 15.0. The Hall–Kier alpha value is -2.96. The molecule has 0 fully saturated rings. The van der Waals surface area contributed by atoms with E-state index in [4.69, 9.17) is 0 Å². The number of amides is 1. The van der Waals surface area contributed by atoms with E-state index in [9.17, 15) is 9.18 Å². The molecule has 1 amide bonds. The molecular formula is C16H16FN5O. The van der Waals surface area contributed by atoms with Crippen molar-refractivity contribution in [2.45, 2.75) is 13.5 Å². The van der Waals surface area contributed by atoms with E-state index in [1.807, 2.05) is 20.0 Å². The highest BCUT2D eigenvalue weighted by molar-refractivity contribution is 5.92. The van der Waals surface area contributed by atoms with Crippen LogP contribution in [0.25, 0.3) is 5.69 Å². The number of carbonyl (C=O) groups excluding carboxylic acids is 1. The van der Waals surface area contributed by atoms with Gasteiger partial charge in [0, 0.05) is 18.9 Å². The van der Waals surface area contributed by atoms with Crippen LogP contribution in [0.3, 0.4) is 0 Å². The van der Waals surface area contributed by atoms with Crippen molar-refractivity contribution in [2.24, 2.45) is 7.05 Å². The molecule has 0 radical (unpaired) electrons. The van der Waals surface area contributed by atoms with Crippen LogP contribution in [0.2, 0.25) is 0 Å². The fourth-order valence-electron chi connectivity index (χ4n) is 2.29. The summed E-state index contributed by atoms with van der Waals surface area (Å²) in [5.41, 5.74) is 2.85.